The second kappa shape index (κ2) is 3.25. The van der Waals surface area contributed by atoms with Crippen LogP contribution in [0.3, 0.4) is 0 Å². The van der Waals surface area contributed by atoms with Crippen molar-refractivity contribution < 1.29 is 0 Å². The number of fused-ring (bicyclic) bond motifs is 3. The molecular formula is C11H12N4S. The molecule has 0 aliphatic carbocycles. The Morgan fingerprint density at radius 2 is 2.19 bits per heavy atom. The zero-order chi connectivity index (χ0) is 11.3. The van der Waals surface area contributed by atoms with Gasteiger partial charge in [0.1, 0.15) is 17.0 Å². The summed E-state index contributed by atoms with van der Waals surface area (Å²) in [7, 11) is 0. The Morgan fingerprint density at radius 1 is 1.38 bits per heavy atom. The first-order valence-corrected chi connectivity index (χ1v) is 6.12. The maximum absolute atomic E-state index is 4.68. The topological polar surface area (TPSA) is 43.1 Å². The Hall–Kier alpha value is -1.49. The average Bonchev–Trinajstić information content (AvgIpc) is 2.84. The highest BCUT2D eigenvalue weighted by Crippen LogP contribution is 2.31. The van der Waals surface area contributed by atoms with Gasteiger partial charge in [-0.2, -0.15) is 0 Å². The van der Waals surface area contributed by atoms with Gasteiger partial charge in [-0.1, -0.05) is 6.92 Å². The average molecular weight is 232 g/mol. The van der Waals surface area contributed by atoms with Crippen molar-refractivity contribution in [1.82, 2.24) is 19.6 Å². The summed E-state index contributed by atoms with van der Waals surface area (Å²) in [6.45, 7) is 6.34. The van der Waals surface area contributed by atoms with Gasteiger partial charge in [-0.15, -0.1) is 21.5 Å². The fourth-order valence-corrected chi connectivity index (χ4v) is 3.01. The van der Waals surface area contributed by atoms with E-state index in [1.54, 1.807) is 17.7 Å². The molecule has 4 nitrogen and oxygen atoms in total. The van der Waals surface area contributed by atoms with Crippen LogP contribution in [-0.4, -0.2) is 19.6 Å². The molecule has 5 heteroatoms. The summed E-state index contributed by atoms with van der Waals surface area (Å²) in [4.78, 5) is 7.06. The van der Waals surface area contributed by atoms with Crippen molar-refractivity contribution in [2.24, 2.45) is 0 Å². The number of thiophene rings is 1. The van der Waals surface area contributed by atoms with Crippen LogP contribution in [-0.2, 0) is 6.42 Å². The molecule has 0 saturated heterocycles. The maximum atomic E-state index is 4.68. The van der Waals surface area contributed by atoms with Gasteiger partial charge in [0, 0.05) is 11.3 Å². The first-order chi connectivity index (χ1) is 7.72. The third-order valence-corrected chi connectivity index (χ3v) is 4.06. The molecule has 3 heterocycles. The van der Waals surface area contributed by atoms with Crippen LogP contribution in [0.1, 0.15) is 23.2 Å². The fraction of sp³-hybridized carbons (Fsp3) is 0.364. The van der Waals surface area contributed by atoms with Gasteiger partial charge >= 0.3 is 0 Å². The van der Waals surface area contributed by atoms with Crippen molar-refractivity contribution in [3.63, 3.8) is 0 Å². The largest absolute Gasteiger partial charge is 0.269 e. The third kappa shape index (κ3) is 1.12. The molecule has 0 fully saturated rings. The molecular weight excluding hydrogens is 220 g/mol. The van der Waals surface area contributed by atoms with Crippen LogP contribution in [0.25, 0.3) is 15.9 Å². The van der Waals surface area contributed by atoms with E-state index in [0.29, 0.717) is 0 Å². The lowest BCUT2D eigenvalue weighted by atomic mass is 10.2. The molecule has 0 amide bonds. The Balaban J connectivity index is 2.59. The van der Waals surface area contributed by atoms with Gasteiger partial charge in [-0.05, 0) is 19.4 Å². The Labute approximate surface area is 97.0 Å². The van der Waals surface area contributed by atoms with E-state index in [9.17, 15) is 0 Å². The van der Waals surface area contributed by atoms with Crippen molar-refractivity contribution in [3.8, 4) is 0 Å². The number of aryl methyl sites for hydroxylation is 3. The van der Waals surface area contributed by atoms with E-state index in [0.717, 1.165) is 28.1 Å². The van der Waals surface area contributed by atoms with Gasteiger partial charge in [0.2, 0.25) is 0 Å². The molecule has 0 aliphatic heterocycles. The van der Waals surface area contributed by atoms with Crippen LogP contribution in [0.5, 0.6) is 0 Å². The highest BCUT2D eigenvalue weighted by Gasteiger charge is 2.14. The maximum Gasteiger partial charge on any atom is 0.172 e. The number of hydrogen-bond donors (Lipinski definition) is 0. The molecule has 0 atom stereocenters. The van der Waals surface area contributed by atoms with Gasteiger partial charge in [0.05, 0.1) is 5.39 Å². The second-order valence-corrected chi connectivity index (χ2v) is 5.07. The lowest BCUT2D eigenvalue weighted by Crippen LogP contribution is -1.98. The van der Waals surface area contributed by atoms with Crippen molar-refractivity contribution in [2.75, 3.05) is 0 Å². The molecule has 0 bridgehead atoms. The first-order valence-electron chi connectivity index (χ1n) is 5.30. The first kappa shape index (κ1) is 9.72. The normalized spacial score (nSPS) is 11.7. The third-order valence-electron chi connectivity index (χ3n) is 2.96. The summed E-state index contributed by atoms with van der Waals surface area (Å²) in [6.07, 6.45) is 2.63. The van der Waals surface area contributed by atoms with Crippen molar-refractivity contribution in [3.05, 3.63) is 22.6 Å². The number of nitrogens with zero attached hydrogens (tertiary/aromatic N) is 4. The smallest absolute Gasteiger partial charge is 0.172 e. The van der Waals surface area contributed by atoms with Crippen molar-refractivity contribution >= 4 is 27.2 Å². The highest BCUT2D eigenvalue weighted by atomic mass is 32.1. The predicted octanol–water partition coefficient (Wildman–Crippen LogP) is 2.52. The molecule has 16 heavy (non-hydrogen) atoms. The zero-order valence-electron chi connectivity index (χ0n) is 9.48. The van der Waals surface area contributed by atoms with Gasteiger partial charge in [-0.3, -0.25) is 4.40 Å². The van der Waals surface area contributed by atoms with E-state index in [4.69, 9.17) is 0 Å². The van der Waals surface area contributed by atoms with Crippen LogP contribution < -0.4 is 0 Å². The highest BCUT2D eigenvalue weighted by molar-refractivity contribution is 7.18. The van der Waals surface area contributed by atoms with Crippen molar-refractivity contribution in [2.45, 2.75) is 27.2 Å². The van der Waals surface area contributed by atoms with Gasteiger partial charge in [-0.25, -0.2) is 4.98 Å². The lowest BCUT2D eigenvalue weighted by Gasteiger charge is -2.01. The number of aromatic nitrogens is 4. The minimum absolute atomic E-state index is 0.889. The predicted molar refractivity (Wildman–Crippen MR) is 65.0 cm³/mol. The van der Waals surface area contributed by atoms with Crippen LogP contribution in [0.4, 0.5) is 0 Å². The van der Waals surface area contributed by atoms with Gasteiger partial charge < -0.3 is 0 Å². The molecule has 0 aromatic carbocycles. The summed E-state index contributed by atoms with van der Waals surface area (Å²) < 4.78 is 1.99. The van der Waals surface area contributed by atoms with Crippen molar-refractivity contribution in [1.29, 1.82) is 0 Å². The summed E-state index contributed by atoms with van der Waals surface area (Å²) >= 11 is 1.73. The molecule has 3 aromatic heterocycles. The molecule has 0 saturated carbocycles. The quantitative estimate of drug-likeness (QED) is 0.647. The summed E-state index contributed by atoms with van der Waals surface area (Å²) in [5, 5.41) is 9.35. The van der Waals surface area contributed by atoms with Crippen LogP contribution >= 0.6 is 11.3 Å². The lowest BCUT2D eigenvalue weighted by molar-refractivity contribution is 0.911. The van der Waals surface area contributed by atoms with E-state index in [-0.39, 0.29) is 0 Å². The molecule has 0 radical (unpaired) electrons. The Morgan fingerprint density at radius 3 is 2.94 bits per heavy atom. The summed E-state index contributed by atoms with van der Waals surface area (Å²) in [6, 6.07) is 0. The molecule has 0 unspecified atom stereocenters. The minimum atomic E-state index is 0.889. The standard InChI is InChI=1S/C11H12N4S/c1-4-8-13-11-9(6(2)7(3)16-11)10-14-12-5-15(8)10/h5H,4H2,1-3H3. The van der Waals surface area contributed by atoms with E-state index < -0.39 is 0 Å². The zero-order valence-corrected chi connectivity index (χ0v) is 10.3. The van der Waals surface area contributed by atoms with Gasteiger partial charge in [0.15, 0.2) is 5.65 Å². The molecule has 0 spiro atoms. The summed E-state index contributed by atoms with van der Waals surface area (Å²) in [5.41, 5.74) is 2.21. The fourth-order valence-electron chi connectivity index (χ4n) is 1.97. The SMILES string of the molecule is CCc1nc2sc(C)c(C)c2c2nncn12. The monoisotopic (exact) mass is 232 g/mol. The molecule has 0 aliphatic rings. The Bertz CT molecular complexity index is 680. The second-order valence-electron chi connectivity index (χ2n) is 3.87. The molecule has 0 N–H and O–H groups in total. The van der Waals surface area contributed by atoms with E-state index >= 15 is 0 Å². The minimum Gasteiger partial charge on any atom is -0.269 e. The van der Waals surface area contributed by atoms with Crippen LogP contribution in [0, 0.1) is 13.8 Å². The van der Waals surface area contributed by atoms with Crippen LogP contribution in [0.15, 0.2) is 6.33 Å². The van der Waals surface area contributed by atoms with E-state index in [1.807, 2.05) is 4.40 Å². The number of hydrogen-bond acceptors (Lipinski definition) is 4. The molecule has 3 rings (SSSR count). The molecule has 82 valence electrons. The summed E-state index contributed by atoms with van der Waals surface area (Å²) in [5.74, 6) is 1.02. The number of rotatable bonds is 1. The van der Waals surface area contributed by atoms with E-state index in [1.165, 1.54) is 10.4 Å². The molecule has 3 aromatic rings. The van der Waals surface area contributed by atoms with Crippen LogP contribution in [0.2, 0.25) is 0 Å². The Kier molecular flexibility index (Phi) is 1.97. The van der Waals surface area contributed by atoms with E-state index in [2.05, 4.69) is 36.0 Å². The van der Waals surface area contributed by atoms with Gasteiger partial charge in [0.25, 0.3) is 0 Å².